The average molecular weight is 296 g/mol. The van der Waals surface area contributed by atoms with Gasteiger partial charge >= 0.3 is 0 Å². The Balaban J connectivity index is 2.11. The Morgan fingerprint density at radius 1 is 1.18 bits per heavy atom. The molecule has 0 fully saturated rings. The highest BCUT2D eigenvalue weighted by Crippen LogP contribution is 2.27. The van der Waals surface area contributed by atoms with Crippen LogP contribution in [0.4, 0.5) is 11.4 Å². The van der Waals surface area contributed by atoms with Crippen LogP contribution in [-0.2, 0) is 0 Å². The summed E-state index contributed by atoms with van der Waals surface area (Å²) >= 11 is 0. The number of hydrogen-bond acceptors (Lipinski definition) is 4. The zero-order valence-corrected chi connectivity index (χ0v) is 12.4. The lowest BCUT2D eigenvalue weighted by molar-refractivity contribution is -0.349. The van der Waals surface area contributed by atoms with E-state index in [9.17, 15) is 10.4 Å². The quantitative estimate of drug-likeness (QED) is 0.265. The van der Waals surface area contributed by atoms with Gasteiger partial charge in [0.25, 0.3) is 0 Å². The summed E-state index contributed by atoms with van der Waals surface area (Å²) in [7, 11) is 3.93. The fourth-order valence-electron chi connectivity index (χ4n) is 2.30. The summed E-state index contributed by atoms with van der Waals surface area (Å²) in [5.41, 5.74) is 3.29. The zero-order valence-electron chi connectivity index (χ0n) is 12.4. The van der Waals surface area contributed by atoms with Gasteiger partial charge in [-0.1, -0.05) is 0 Å². The molecule has 0 radical (unpaired) electrons. The summed E-state index contributed by atoms with van der Waals surface area (Å²) in [6, 6.07) is 12.6. The van der Waals surface area contributed by atoms with Crippen molar-refractivity contribution in [2.24, 2.45) is 0 Å². The lowest BCUT2D eigenvalue weighted by Gasteiger charge is -2.12. The third-order valence-electron chi connectivity index (χ3n) is 3.54. The van der Waals surface area contributed by atoms with Gasteiger partial charge in [0.2, 0.25) is 5.69 Å². The molecule has 3 rings (SSSR count). The van der Waals surface area contributed by atoms with Gasteiger partial charge in [-0.2, -0.15) is 9.47 Å². The van der Waals surface area contributed by atoms with Crippen LogP contribution in [0.3, 0.4) is 0 Å². The van der Waals surface area contributed by atoms with E-state index in [1.807, 2.05) is 43.3 Å². The summed E-state index contributed by atoms with van der Waals surface area (Å²) < 4.78 is 1.49. The van der Waals surface area contributed by atoms with Crippen molar-refractivity contribution in [3.05, 3.63) is 47.7 Å². The molecule has 1 aromatic heterocycles. The fourth-order valence-corrected chi connectivity index (χ4v) is 2.30. The molecule has 0 aliphatic rings. The molecule has 0 saturated heterocycles. The topological polar surface area (TPSA) is 67.4 Å². The van der Waals surface area contributed by atoms with Crippen molar-refractivity contribution in [3.8, 4) is 11.4 Å². The molecule has 112 valence electrons. The second kappa shape index (κ2) is 5.07. The highest BCUT2D eigenvalue weighted by molar-refractivity contribution is 5.82. The molecule has 0 aliphatic heterocycles. The number of aromatic nitrogens is 2. The lowest BCUT2D eigenvalue weighted by Crippen LogP contribution is -2.08. The van der Waals surface area contributed by atoms with Gasteiger partial charge in [-0.15, -0.1) is 0 Å². The Hall–Kier alpha value is -3.02. The SMILES string of the molecule is C=[N+]([O-])c1ccc2nc(-c3ccc(N(C)C)cc3)n(O)c2c1. The van der Waals surface area contributed by atoms with Crippen LogP contribution in [0.25, 0.3) is 22.4 Å². The van der Waals surface area contributed by atoms with Gasteiger partial charge in [0, 0.05) is 37.5 Å². The molecule has 1 heterocycles. The molecule has 0 spiro atoms. The summed E-state index contributed by atoms with van der Waals surface area (Å²) in [6.45, 7) is 3.30. The monoisotopic (exact) mass is 296 g/mol. The minimum absolute atomic E-state index is 0.359. The third-order valence-corrected chi connectivity index (χ3v) is 3.54. The van der Waals surface area contributed by atoms with Crippen molar-refractivity contribution in [3.63, 3.8) is 0 Å². The Kier molecular flexibility index (Phi) is 3.21. The molecule has 6 nitrogen and oxygen atoms in total. The number of rotatable bonds is 3. The van der Waals surface area contributed by atoms with E-state index in [0.29, 0.717) is 27.3 Å². The molecule has 1 N–H and O–H groups in total. The van der Waals surface area contributed by atoms with E-state index in [2.05, 4.69) is 11.7 Å². The molecule has 22 heavy (non-hydrogen) atoms. The van der Waals surface area contributed by atoms with Gasteiger partial charge in [0.15, 0.2) is 5.82 Å². The van der Waals surface area contributed by atoms with Gasteiger partial charge in [-0.25, -0.2) is 4.98 Å². The molecule has 0 bridgehead atoms. The highest BCUT2D eigenvalue weighted by atomic mass is 16.5. The smallest absolute Gasteiger partial charge is 0.218 e. The van der Waals surface area contributed by atoms with Crippen LogP contribution in [-0.4, -0.2) is 40.5 Å². The fraction of sp³-hybridized carbons (Fsp3) is 0.125. The van der Waals surface area contributed by atoms with Crippen molar-refractivity contribution < 1.29 is 9.95 Å². The van der Waals surface area contributed by atoms with Crippen molar-refractivity contribution in [1.29, 1.82) is 0 Å². The van der Waals surface area contributed by atoms with Crippen LogP contribution >= 0.6 is 0 Å². The molecule has 3 aromatic rings. The van der Waals surface area contributed by atoms with E-state index in [0.717, 1.165) is 16.0 Å². The average Bonchev–Trinajstić information content (AvgIpc) is 2.84. The maximum atomic E-state index is 11.3. The van der Waals surface area contributed by atoms with Crippen LogP contribution < -0.4 is 4.90 Å². The van der Waals surface area contributed by atoms with Gasteiger partial charge < -0.3 is 15.3 Å². The zero-order chi connectivity index (χ0) is 15.9. The number of imidazole rings is 1. The third kappa shape index (κ3) is 2.24. The van der Waals surface area contributed by atoms with E-state index >= 15 is 0 Å². The van der Waals surface area contributed by atoms with E-state index in [4.69, 9.17) is 0 Å². The number of hydrogen-bond donors (Lipinski definition) is 1. The number of fused-ring (bicyclic) bond motifs is 1. The Morgan fingerprint density at radius 2 is 1.86 bits per heavy atom. The largest absolute Gasteiger partial charge is 0.619 e. The van der Waals surface area contributed by atoms with Crippen LogP contribution in [0.5, 0.6) is 0 Å². The lowest BCUT2D eigenvalue weighted by atomic mass is 10.2. The molecule has 0 unspecified atom stereocenters. The molecule has 0 aliphatic carbocycles. The van der Waals surface area contributed by atoms with Crippen LogP contribution in [0.1, 0.15) is 0 Å². The minimum Gasteiger partial charge on any atom is -0.619 e. The standard InChI is InChI=1S/C16H16N4O2/c1-18(2)12-6-4-11(5-7-12)16-17-14-9-8-13(19(3)21)10-15(14)20(16)22/h4-10,22H,3H2,1-2H3. The maximum Gasteiger partial charge on any atom is 0.218 e. The second-order valence-corrected chi connectivity index (χ2v) is 5.24. The summed E-state index contributed by atoms with van der Waals surface area (Å²) in [5, 5.41) is 21.6. The number of nitrogens with zero attached hydrogens (tertiary/aromatic N) is 4. The van der Waals surface area contributed by atoms with Crippen molar-refractivity contribution >= 4 is 29.1 Å². The highest BCUT2D eigenvalue weighted by Gasteiger charge is 2.14. The van der Waals surface area contributed by atoms with E-state index in [-0.39, 0.29) is 0 Å². The first kappa shape index (κ1) is 13.9. The molecular weight excluding hydrogens is 280 g/mol. The number of benzene rings is 2. The van der Waals surface area contributed by atoms with E-state index < -0.39 is 0 Å². The summed E-state index contributed by atoms with van der Waals surface area (Å²) in [4.78, 5) is 6.41. The molecule has 0 amide bonds. The van der Waals surface area contributed by atoms with E-state index in [1.165, 1.54) is 0 Å². The molecule has 2 aromatic carbocycles. The van der Waals surface area contributed by atoms with Crippen LogP contribution in [0.2, 0.25) is 0 Å². The Morgan fingerprint density at radius 3 is 2.45 bits per heavy atom. The molecule has 0 saturated carbocycles. The first-order valence-corrected chi connectivity index (χ1v) is 6.74. The molecule has 0 atom stereocenters. The molecule has 6 heteroatoms. The maximum absolute atomic E-state index is 11.3. The summed E-state index contributed by atoms with van der Waals surface area (Å²) in [5.74, 6) is 0.430. The molecular formula is C16H16N4O2. The van der Waals surface area contributed by atoms with Crippen molar-refractivity contribution in [2.75, 3.05) is 19.0 Å². The first-order chi connectivity index (χ1) is 10.5. The van der Waals surface area contributed by atoms with Gasteiger partial charge in [-0.3, -0.25) is 0 Å². The van der Waals surface area contributed by atoms with Gasteiger partial charge in [-0.05, 0) is 30.3 Å². The van der Waals surface area contributed by atoms with Crippen LogP contribution in [0, 0.1) is 5.21 Å². The van der Waals surface area contributed by atoms with Gasteiger partial charge in [0.1, 0.15) is 12.2 Å². The van der Waals surface area contributed by atoms with Crippen molar-refractivity contribution in [2.45, 2.75) is 0 Å². The Bertz CT molecular complexity index is 850. The first-order valence-electron chi connectivity index (χ1n) is 6.74. The minimum atomic E-state index is 0.359. The summed E-state index contributed by atoms with van der Waals surface area (Å²) in [6.07, 6.45) is 0. The van der Waals surface area contributed by atoms with Crippen molar-refractivity contribution in [1.82, 2.24) is 9.71 Å². The number of anilines is 1. The predicted octanol–water partition coefficient (Wildman–Crippen LogP) is 2.85. The van der Waals surface area contributed by atoms with Crippen LogP contribution in [0.15, 0.2) is 42.5 Å². The second-order valence-electron chi connectivity index (χ2n) is 5.24. The Labute approximate surface area is 127 Å². The normalized spacial score (nSPS) is 10.8. The van der Waals surface area contributed by atoms with E-state index in [1.54, 1.807) is 18.2 Å². The van der Waals surface area contributed by atoms with Gasteiger partial charge in [0.05, 0.1) is 5.52 Å². The predicted molar refractivity (Wildman–Crippen MR) is 87.1 cm³/mol.